The van der Waals surface area contributed by atoms with Crippen molar-refractivity contribution in [3.8, 4) is 10.6 Å². The molecule has 0 bridgehead atoms. The second-order valence-electron chi connectivity index (χ2n) is 5.57. The largest absolute Gasteiger partial charge is 0.316 e. The zero-order valence-corrected chi connectivity index (χ0v) is 14.6. The number of halogens is 1. The number of carbonyl (C=O) groups excluding carboxylic acids is 1. The van der Waals surface area contributed by atoms with Crippen LogP contribution in [0.3, 0.4) is 0 Å². The van der Waals surface area contributed by atoms with Crippen molar-refractivity contribution in [1.29, 1.82) is 0 Å². The van der Waals surface area contributed by atoms with Crippen molar-refractivity contribution in [2.24, 2.45) is 5.41 Å². The van der Waals surface area contributed by atoms with Crippen molar-refractivity contribution in [3.63, 3.8) is 0 Å². The van der Waals surface area contributed by atoms with E-state index in [2.05, 4.69) is 15.3 Å². The van der Waals surface area contributed by atoms with Gasteiger partial charge in [0.25, 0.3) is 0 Å². The molecule has 0 aliphatic heterocycles. The number of aryl methyl sites for hydroxylation is 1. The van der Waals surface area contributed by atoms with E-state index in [1.807, 2.05) is 27.0 Å². The van der Waals surface area contributed by atoms with Gasteiger partial charge >= 0.3 is 0 Å². The molecular weight excluding hydrogens is 321 g/mol. The van der Waals surface area contributed by atoms with Crippen LogP contribution < -0.4 is 5.32 Å². The summed E-state index contributed by atoms with van der Waals surface area (Å²) in [6.45, 7) is 5.67. The van der Waals surface area contributed by atoms with Gasteiger partial charge in [-0.15, -0.1) is 0 Å². The van der Waals surface area contributed by atoms with Gasteiger partial charge < -0.3 is 5.32 Å². The fraction of sp³-hybridized carbons (Fsp3) is 0.400. The Hall–Kier alpha value is -1.47. The van der Waals surface area contributed by atoms with Gasteiger partial charge in [0.15, 0.2) is 0 Å². The van der Waals surface area contributed by atoms with Gasteiger partial charge in [-0.3, -0.25) is 4.79 Å². The summed E-state index contributed by atoms with van der Waals surface area (Å²) in [5, 5.41) is 4.38. The van der Waals surface area contributed by atoms with Crippen molar-refractivity contribution in [2.75, 3.05) is 17.3 Å². The molecule has 0 aliphatic rings. The molecule has 0 aromatic carbocycles. The summed E-state index contributed by atoms with van der Waals surface area (Å²) < 4.78 is 12.9. The van der Waals surface area contributed by atoms with E-state index in [0.717, 1.165) is 22.0 Å². The number of thioether (sulfide) groups is 1. The molecule has 0 unspecified atom stereocenters. The molecule has 0 radical (unpaired) electrons. The van der Waals surface area contributed by atoms with Crippen LogP contribution >= 0.6 is 23.1 Å². The predicted molar refractivity (Wildman–Crippen MR) is 90.8 cm³/mol. The first kappa shape index (κ1) is 16.9. The topological polar surface area (TPSA) is 54.9 Å². The summed E-state index contributed by atoms with van der Waals surface area (Å²) in [5.74, 6) is 0.188. The van der Waals surface area contributed by atoms with Gasteiger partial charge in [-0.1, -0.05) is 25.2 Å². The van der Waals surface area contributed by atoms with Crippen LogP contribution in [0, 0.1) is 18.3 Å². The van der Waals surface area contributed by atoms with E-state index in [1.165, 1.54) is 23.6 Å². The van der Waals surface area contributed by atoms with Gasteiger partial charge in [0.1, 0.15) is 10.0 Å². The Morgan fingerprint density at radius 2 is 2.18 bits per heavy atom. The number of hydrogen-bond donors (Lipinski definition) is 1. The Morgan fingerprint density at radius 3 is 2.77 bits per heavy atom. The molecule has 0 atom stereocenters. The van der Waals surface area contributed by atoms with Crippen molar-refractivity contribution in [2.45, 2.75) is 20.8 Å². The number of aromatic nitrogens is 2. The molecule has 0 aliphatic carbocycles. The fourth-order valence-corrected chi connectivity index (χ4v) is 3.64. The Labute approximate surface area is 137 Å². The number of rotatable bonds is 5. The molecule has 2 heterocycles. The average Bonchev–Trinajstić information content (AvgIpc) is 2.81. The number of hydrogen-bond acceptors (Lipinski definition) is 5. The molecule has 2 rings (SSSR count). The van der Waals surface area contributed by atoms with Gasteiger partial charge in [-0.25, -0.2) is 9.97 Å². The standard InChI is InChI=1S/C15H18FN3OS2/c1-9-12(19-14(20)15(2,3)8-21-4)22-13(18-9)10-5-6-11(16)17-7-10/h5-7H,8H2,1-4H3,(H,19,20). The highest BCUT2D eigenvalue weighted by Crippen LogP contribution is 2.33. The van der Waals surface area contributed by atoms with Crippen molar-refractivity contribution in [1.82, 2.24) is 9.97 Å². The summed E-state index contributed by atoms with van der Waals surface area (Å²) in [5.41, 5.74) is 1.03. The molecule has 2 aromatic heterocycles. The number of anilines is 1. The predicted octanol–water partition coefficient (Wildman–Crippen LogP) is 3.98. The van der Waals surface area contributed by atoms with Gasteiger partial charge in [0, 0.05) is 17.5 Å². The number of thiazole rings is 1. The molecule has 118 valence electrons. The summed E-state index contributed by atoms with van der Waals surface area (Å²) in [7, 11) is 0. The normalized spacial score (nSPS) is 11.5. The van der Waals surface area contributed by atoms with E-state index in [9.17, 15) is 9.18 Å². The van der Waals surface area contributed by atoms with E-state index in [0.29, 0.717) is 5.01 Å². The number of pyridine rings is 1. The SMILES string of the molecule is CSCC(C)(C)C(=O)Nc1sc(-c2ccc(F)nc2)nc1C. The lowest BCUT2D eigenvalue weighted by molar-refractivity contribution is -0.122. The monoisotopic (exact) mass is 339 g/mol. The Bertz CT molecular complexity index is 668. The zero-order chi connectivity index (χ0) is 16.3. The minimum atomic E-state index is -0.524. The molecule has 1 N–H and O–H groups in total. The lowest BCUT2D eigenvalue weighted by Gasteiger charge is -2.21. The first-order chi connectivity index (χ1) is 10.3. The minimum absolute atomic E-state index is 0.0302. The number of amides is 1. The molecular formula is C15H18FN3OS2. The van der Waals surface area contributed by atoms with Crippen LogP contribution in [0.15, 0.2) is 18.3 Å². The maximum Gasteiger partial charge on any atom is 0.231 e. The summed E-state index contributed by atoms with van der Waals surface area (Å²) in [6, 6.07) is 2.93. The zero-order valence-electron chi connectivity index (χ0n) is 12.9. The molecule has 7 heteroatoms. The number of nitrogens with one attached hydrogen (secondary N) is 1. The summed E-state index contributed by atoms with van der Waals surface area (Å²) in [6.07, 6.45) is 3.42. The van der Waals surface area contributed by atoms with Crippen LogP contribution in [-0.4, -0.2) is 27.9 Å². The molecule has 0 spiro atoms. The van der Waals surface area contributed by atoms with E-state index < -0.39 is 11.4 Å². The molecule has 1 amide bonds. The molecule has 22 heavy (non-hydrogen) atoms. The summed E-state index contributed by atoms with van der Waals surface area (Å²) >= 11 is 3.01. The molecule has 0 fully saturated rings. The second kappa shape index (κ2) is 6.75. The van der Waals surface area contributed by atoms with Crippen molar-refractivity contribution >= 4 is 34.0 Å². The third kappa shape index (κ3) is 3.84. The van der Waals surface area contributed by atoms with Gasteiger partial charge in [0.05, 0.1) is 11.1 Å². The highest BCUT2D eigenvalue weighted by Gasteiger charge is 2.28. The minimum Gasteiger partial charge on any atom is -0.316 e. The van der Waals surface area contributed by atoms with E-state index in [1.54, 1.807) is 17.8 Å². The quantitative estimate of drug-likeness (QED) is 0.837. The van der Waals surface area contributed by atoms with E-state index >= 15 is 0 Å². The third-order valence-electron chi connectivity index (χ3n) is 3.12. The third-order valence-corrected chi connectivity index (χ3v) is 5.25. The first-order valence-corrected chi connectivity index (χ1v) is 8.94. The maximum absolute atomic E-state index is 12.9. The van der Waals surface area contributed by atoms with Crippen LogP contribution in [-0.2, 0) is 4.79 Å². The van der Waals surface area contributed by atoms with E-state index in [-0.39, 0.29) is 5.91 Å². The Morgan fingerprint density at radius 1 is 1.45 bits per heavy atom. The number of carbonyl (C=O) groups is 1. The maximum atomic E-state index is 12.9. The average molecular weight is 339 g/mol. The van der Waals surface area contributed by atoms with Crippen LogP contribution in [0.4, 0.5) is 9.39 Å². The van der Waals surface area contributed by atoms with Crippen LogP contribution in [0.2, 0.25) is 0 Å². The fourth-order valence-electron chi connectivity index (χ4n) is 1.84. The van der Waals surface area contributed by atoms with Crippen LogP contribution in [0.1, 0.15) is 19.5 Å². The summed E-state index contributed by atoms with van der Waals surface area (Å²) in [4.78, 5) is 20.4. The van der Waals surface area contributed by atoms with Crippen molar-refractivity contribution in [3.05, 3.63) is 30.0 Å². The van der Waals surface area contributed by atoms with Crippen molar-refractivity contribution < 1.29 is 9.18 Å². The molecule has 4 nitrogen and oxygen atoms in total. The highest BCUT2D eigenvalue weighted by molar-refractivity contribution is 7.98. The van der Waals surface area contributed by atoms with Crippen LogP contribution in [0.5, 0.6) is 0 Å². The lowest BCUT2D eigenvalue weighted by atomic mass is 9.95. The molecule has 0 saturated heterocycles. The molecule has 0 saturated carbocycles. The number of nitrogens with zero attached hydrogens (tertiary/aromatic N) is 2. The van der Waals surface area contributed by atoms with Gasteiger partial charge in [0.2, 0.25) is 11.9 Å². The van der Waals surface area contributed by atoms with Gasteiger partial charge in [-0.2, -0.15) is 16.2 Å². The van der Waals surface area contributed by atoms with Gasteiger partial charge in [-0.05, 0) is 25.3 Å². The Kier molecular flexibility index (Phi) is 5.18. The second-order valence-corrected chi connectivity index (χ2v) is 7.44. The van der Waals surface area contributed by atoms with Crippen LogP contribution in [0.25, 0.3) is 10.6 Å². The smallest absolute Gasteiger partial charge is 0.231 e. The Balaban J connectivity index is 2.20. The highest BCUT2D eigenvalue weighted by atomic mass is 32.2. The lowest BCUT2D eigenvalue weighted by Crippen LogP contribution is -2.32. The molecule has 2 aromatic rings. The first-order valence-electron chi connectivity index (χ1n) is 6.73. The van der Waals surface area contributed by atoms with E-state index in [4.69, 9.17) is 0 Å².